The van der Waals surface area contributed by atoms with E-state index in [0.29, 0.717) is 13.2 Å². The number of rotatable bonds is 2. The minimum atomic E-state index is 0.267. The minimum absolute atomic E-state index is 0.267. The molecule has 0 amide bonds. The lowest BCUT2D eigenvalue weighted by atomic mass is 9.36. The van der Waals surface area contributed by atoms with E-state index in [1.807, 2.05) is 0 Å². The van der Waals surface area contributed by atoms with Crippen LogP contribution in [0.15, 0.2) is 0 Å². The van der Waals surface area contributed by atoms with Crippen LogP contribution in [-0.2, 0) is 0 Å². The van der Waals surface area contributed by atoms with Crippen molar-refractivity contribution in [1.82, 2.24) is 0 Å². The van der Waals surface area contributed by atoms with Crippen molar-refractivity contribution < 1.29 is 10.2 Å². The van der Waals surface area contributed by atoms with E-state index in [0.717, 1.165) is 19.3 Å². The highest BCUT2D eigenvalue weighted by Crippen LogP contribution is 2.72. The van der Waals surface area contributed by atoms with Gasteiger partial charge in [0, 0.05) is 13.2 Å². The van der Waals surface area contributed by atoms with Crippen molar-refractivity contribution in [3.8, 4) is 0 Å². The molecular formula is C7H12O2. The Balaban J connectivity index is 1.96. The first-order chi connectivity index (χ1) is 4.24. The molecule has 0 spiro atoms. The van der Waals surface area contributed by atoms with E-state index in [9.17, 15) is 0 Å². The van der Waals surface area contributed by atoms with Crippen molar-refractivity contribution in [2.45, 2.75) is 19.3 Å². The molecule has 3 rings (SSSR count). The summed E-state index contributed by atoms with van der Waals surface area (Å²) >= 11 is 0. The zero-order valence-corrected chi connectivity index (χ0v) is 5.43. The molecule has 0 aromatic heterocycles. The highest BCUT2D eigenvalue weighted by atomic mass is 16.3. The molecular weight excluding hydrogens is 116 g/mol. The quantitative estimate of drug-likeness (QED) is 0.555. The third kappa shape index (κ3) is 0.485. The molecule has 2 heteroatoms. The van der Waals surface area contributed by atoms with Crippen LogP contribution in [0.3, 0.4) is 0 Å². The summed E-state index contributed by atoms with van der Waals surface area (Å²) in [6.45, 7) is 0.656. The van der Waals surface area contributed by atoms with Crippen LogP contribution in [0.25, 0.3) is 0 Å². The molecule has 0 radical (unpaired) electrons. The lowest BCUT2D eigenvalue weighted by Crippen LogP contribution is -2.64. The molecule has 0 atom stereocenters. The van der Waals surface area contributed by atoms with Crippen molar-refractivity contribution in [1.29, 1.82) is 0 Å². The molecule has 3 aliphatic rings. The largest absolute Gasteiger partial charge is 0.396 e. The minimum Gasteiger partial charge on any atom is -0.396 e. The van der Waals surface area contributed by atoms with Crippen molar-refractivity contribution >= 4 is 0 Å². The predicted molar refractivity (Wildman–Crippen MR) is 32.9 cm³/mol. The Morgan fingerprint density at radius 3 is 1.44 bits per heavy atom. The Morgan fingerprint density at radius 1 is 0.889 bits per heavy atom. The summed E-state index contributed by atoms with van der Waals surface area (Å²) in [6.07, 6.45) is 3.19. The molecule has 3 saturated carbocycles. The maximum Gasteiger partial charge on any atom is 0.0488 e. The molecule has 2 nitrogen and oxygen atoms in total. The number of hydrogen-bond acceptors (Lipinski definition) is 2. The average molecular weight is 128 g/mol. The van der Waals surface area contributed by atoms with Crippen LogP contribution in [0.2, 0.25) is 0 Å². The summed E-state index contributed by atoms with van der Waals surface area (Å²) in [5, 5.41) is 17.6. The molecule has 0 aromatic rings. The fourth-order valence-electron chi connectivity index (χ4n) is 2.57. The lowest BCUT2D eigenvalue weighted by molar-refractivity contribution is -0.239. The monoisotopic (exact) mass is 128 g/mol. The van der Waals surface area contributed by atoms with E-state index in [-0.39, 0.29) is 10.8 Å². The van der Waals surface area contributed by atoms with Crippen molar-refractivity contribution in [3.63, 3.8) is 0 Å². The zero-order valence-electron chi connectivity index (χ0n) is 5.43. The summed E-state index contributed by atoms with van der Waals surface area (Å²) < 4.78 is 0. The van der Waals surface area contributed by atoms with Crippen LogP contribution >= 0.6 is 0 Å². The third-order valence-electron chi connectivity index (χ3n) is 2.92. The first kappa shape index (κ1) is 5.69. The Bertz CT molecular complexity index is 108. The molecule has 2 N–H and O–H groups in total. The van der Waals surface area contributed by atoms with Crippen LogP contribution in [0.5, 0.6) is 0 Å². The van der Waals surface area contributed by atoms with Gasteiger partial charge in [0.25, 0.3) is 0 Å². The summed E-state index contributed by atoms with van der Waals surface area (Å²) in [7, 11) is 0. The average Bonchev–Trinajstić information content (AvgIpc) is 1.62. The molecule has 0 saturated heterocycles. The molecule has 3 fully saturated rings. The van der Waals surface area contributed by atoms with Crippen LogP contribution in [0, 0.1) is 10.8 Å². The Kier molecular flexibility index (Phi) is 0.837. The second-order valence-corrected chi connectivity index (χ2v) is 3.85. The van der Waals surface area contributed by atoms with Crippen LogP contribution in [0.1, 0.15) is 19.3 Å². The van der Waals surface area contributed by atoms with E-state index in [1.165, 1.54) is 0 Å². The molecule has 2 bridgehead atoms. The molecule has 0 aromatic carbocycles. The zero-order chi connectivity index (χ0) is 6.54. The Labute approximate surface area is 54.5 Å². The van der Waals surface area contributed by atoms with E-state index in [2.05, 4.69) is 0 Å². The standard InChI is InChI=1S/C7H12O2/c8-4-6-1-7(2-6,3-6)5-9/h8-9H,1-5H2. The molecule has 0 heterocycles. The second kappa shape index (κ2) is 1.32. The van der Waals surface area contributed by atoms with Gasteiger partial charge in [0.2, 0.25) is 0 Å². The van der Waals surface area contributed by atoms with Gasteiger partial charge in [-0.15, -0.1) is 0 Å². The highest BCUT2D eigenvalue weighted by molar-refractivity contribution is 5.16. The summed E-state index contributed by atoms with van der Waals surface area (Å²) in [5.41, 5.74) is 0.533. The second-order valence-electron chi connectivity index (χ2n) is 3.85. The summed E-state index contributed by atoms with van der Waals surface area (Å²) in [5.74, 6) is 0. The molecule has 3 aliphatic carbocycles. The SMILES string of the molecule is OCC12CC(CO)(C1)C2. The normalized spacial score (nSPS) is 54.0. The van der Waals surface area contributed by atoms with Gasteiger partial charge < -0.3 is 10.2 Å². The van der Waals surface area contributed by atoms with E-state index in [1.54, 1.807) is 0 Å². The van der Waals surface area contributed by atoms with Gasteiger partial charge in [0.1, 0.15) is 0 Å². The van der Waals surface area contributed by atoms with Gasteiger partial charge in [-0.3, -0.25) is 0 Å². The van der Waals surface area contributed by atoms with Crippen molar-refractivity contribution in [2.75, 3.05) is 13.2 Å². The van der Waals surface area contributed by atoms with Gasteiger partial charge in [0.05, 0.1) is 0 Å². The summed E-state index contributed by atoms with van der Waals surface area (Å²) in [6, 6.07) is 0. The third-order valence-corrected chi connectivity index (χ3v) is 2.92. The first-order valence-corrected chi connectivity index (χ1v) is 3.46. The number of hydrogen-bond donors (Lipinski definition) is 2. The van der Waals surface area contributed by atoms with Crippen LogP contribution < -0.4 is 0 Å². The fraction of sp³-hybridized carbons (Fsp3) is 1.00. The van der Waals surface area contributed by atoms with E-state index in [4.69, 9.17) is 10.2 Å². The molecule has 0 aliphatic heterocycles. The lowest BCUT2D eigenvalue weighted by Gasteiger charge is -2.69. The number of aliphatic hydroxyl groups is 2. The van der Waals surface area contributed by atoms with Gasteiger partial charge in [-0.05, 0) is 30.1 Å². The maximum atomic E-state index is 8.81. The maximum absolute atomic E-state index is 8.81. The first-order valence-electron chi connectivity index (χ1n) is 3.46. The van der Waals surface area contributed by atoms with Gasteiger partial charge in [-0.2, -0.15) is 0 Å². The highest BCUT2D eigenvalue weighted by Gasteiger charge is 2.66. The van der Waals surface area contributed by atoms with Crippen molar-refractivity contribution in [2.24, 2.45) is 10.8 Å². The van der Waals surface area contributed by atoms with Crippen LogP contribution in [-0.4, -0.2) is 23.4 Å². The molecule has 0 unspecified atom stereocenters. The van der Waals surface area contributed by atoms with Crippen LogP contribution in [0.4, 0.5) is 0 Å². The Morgan fingerprint density at radius 2 is 1.22 bits per heavy atom. The predicted octanol–water partition coefficient (Wildman–Crippen LogP) is 0.141. The Hall–Kier alpha value is -0.0800. The van der Waals surface area contributed by atoms with Gasteiger partial charge >= 0.3 is 0 Å². The molecule has 52 valence electrons. The smallest absolute Gasteiger partial charge is 0.0488 e. The van der Waals surface area contributed by atoms with Gasteiger partial charge in [-0.25, -0.2) is 0 Å². The van der Waals surface area contributed by atoms with E-state index < -0.39 is 0 Å². The van der Waals surface area contributed by atoms with Gasteiger partial charge in [0.15, 0.2) is 0 Å². The van der Waals surface area contributed by atoms with Gasteiger partial charge in [-0.1, -0.05) is 0 Å². The summed E-state index contributed by atoms with van der Waals surface area (Å²) in [4.78, 5) is 0. The van der Waals surface area contributed by atoms with E-state index >= 15 is 0 Å². The van der Waals surface area contributed by atoms with Crippen molar-refractivity contribution in [3.05, 3.63) is 0 Å². The molecule has 9 heavy (non-hydrogen) atoms. The fourth-order valence-corrected chi connectivity index (χ4v) is 2.57. The topological polar surface area (TPSA) is 40.5 Å². The number of aliphatic hydroxyl groups excluding tert-OH is 2.